The molecule has 5 heteroatoms. The largest absolute Gasteiger partial charge is 0.396 e. The lowest BCUT2D eigenvalue weighted by atomic mass is 9.77. The Balaban J connectivity index is 1.78. The zero-order valence-electron chi connectivity index (χ0n) is 15.5. The van der Waals surface area contributed by atoms with Crippen LogP contribution in [0.2, 0.25) is 0 Å². The van der Waals surface area contributed by atoms with Crippen molar-refractivity contribution in [2.24, 2.45) is 11.7 Å². The van der Waals surface area contributed by atoms with E-state index in [0.29, 0.717) is 29.8 Å². The Morgan fingerprint density at radius 2 is 1.73 bits per heavy atom. The number of aromatic nitrogens is 2. The van der Waals surface area contributed by atoms with Crippen LogP contribution >= 0.6 is 0 Å². The highest BCUT2D eigenvalue weighted by atomic mass is 16.3. The highest BCUT2D eigenvalue weighted by Crippen LogP contribution is 2.37. The number of hydrogen-bond acceptors (Lipinski definition) is 4. The predicted molar refractivity (Wildman–Crippen MR) is 102 cm³/mol. The third-order valence-corrected chi connectivity index (χ3v) is 5.52. The molecule has 3 rings (SSSR count). The number of rotatable bonds is 5. The van der Waals surface area contributed by atoms with Crippen LogP contribution in [0.15, 0.2) is 24.3 Å². The van der Waals surface area contributed by atoms with E-state index < -0.39 is 5.91 Å². The maximum absolute atomic E-state index is 11.6. The van der Waals surface area contributed by atoms with Gasteiger partial charge in [-0.05, 0) is 63.4 Å². The zero-order chi connectivity index (χ0) is 18.7. The molecule has 1 heterocycles. The Kier molecular flexibility index (Phi) is 5.67. The molecule has 0 radical (unpaired) electrons. The van der Waals surface area contributed by atoms with Crippen LogP contribution < -0.4 is 5.73 Å². The van der Waals surface area contributed by atoms with Crippen LogP contribution in [0, 0.1) is 19.8 Å². The molecule has 1 amide bonds. The standard InChI is InChI=1S/C21H27N3O2/c1-13-19(24-20(21(22)26)14(2)23-13)18-9-7-17(8-10-18)16-5-3-15(4-6-16)11-12-25/h7-10,15-16,25H,3-6,11-12H2,1-2H3,(H2,22,26). The molecule has 0 aliphatic heterocycles. The number of nitrogens with two attached hydrogens (primary N) is 1. The van der Waals surface area contributed by atoms with Gasteiger partial charge in [0, 0.05) is 12.2 Å². The third kappa shape index (κ3) is 3.93. The molecule has 2 aromatic rings. The third-order valence-electron chi connectivity index (χ3n) is 5.52. The van der Waals surface area contributed by atoms with Crippen LogP contribution in [0.5, 0.6) is 0 Å². The first-order valence-corrected chi connectivity index (χ1v) is 9.35. The summed E-state index contributed by atoms with van der Waals surface area (Å²) in [5, 5.41) is 9.09. The minimum Gasteiger partial charge on any atom is -0.396 e. The summed E-state index contributed by atoms with van der Waals surface area (Å²) in [7, 11) is 0. The predicted octanol–water partition coefficient (Wildman–Crippen LogP) is 3.52. The topological polar surface area (TPSA) is 89.1 Å². The van der Waals surface area contributed by atoms with Crippen molar-refractivity contribution in [2.75, 3.05) is 6.61 Å². The maximum atomic E-state index is 11.6. The number of carbonyl (C=O) groups excluding carboxylic acids is 1. The first kappa shape index (κ1) is 18.5. The fourth-order valence-electron chi connectivity index (χ4n) is 4.02. The van der Waals surface area contributed by atoms with Crippen molar-refractivity contribution in [3.8, 4) is 11.3 Å². The Morgan fingerprint density at radius 3 is 2.31 bits per heavy atom. The average Bonchev–Trinajstić information content (AvgIpc) is 2.63. The first-order valence-electron chi connectivity index (χ1n) is 9.35. The second-order valence-corrected chi connectivity index (χ2v) is 7.31. The van der Waals surface area contributed by atoms with Crippen LogP contribution in [0.25, 0.3) is 11.3 Å². The summed E-state index contributed by atoms with van der Waals surface area (Å²) in [6, 6.07) is 8.45. The van der Waals surface area contributed by atoms with Gasteiger partial charge < -0.3 is 10.8 Å². The Labute approximate surface area is 154 Å². The monoisotopic (exact) mass is 353 g/mol. The number of primary amides is 1. The minimum atomic E-state index is -0.549. The molecular weight excluding hydrogens is 326 g/mol. The van der Waals surface area contributed by atoms with E-state index in [4.69, 9.17) is 10.8 Å². The van der Waals surface area contributed by atoms with E-state index in [-0.39, 0.29) is 5.69 Å². The van der Waals surface area contributed by atoms with Gasteiger partial charge in [0.15, 0.2) is 0 Å². The van der Waals surface area contributed by atoms with Crippen molar-refractivity contribution >= 4 is 5.91 Å². The van der Waals surface area contributed by atoms with Gasteiger partial charge in [-0.1, -0.05) is 24.3 Å². The van der Waals surface area contributed by atoms with Crippen molar-refractivity contribution in [3.63, 3.8) is 0 Å². The van der Waals surface area contributed by atoms with E-state index in [1.54, 1.807) is 6.92 Å². The second-order valence-electron chi connectivity index (χ2n) is 7.31. The Morgan fingerprint density at radius 1 is 1.08 bits per heavy atom. The van der Waals surface area contributed by atoms with Gasteiger partial charge in [0.05, 0.1) is 17.1 Å². The number of nitrogens with zero attached hydrogens (tertiary/aromatic N) is 2. The Bertz CT molecular complexity index is 779. The molecule has 5 nitrogen and oxygen atoms in total. The molecule has 1 fully saturated rings. The molecule has 1 aromatic carbocycles. The van der Waals surface area contributed by atoms with Crippen LogP contribution in [0.1, 0.15) is 65.5 Å². The summed E-state index contributed by atoms with van der Waals surface area (Å²) in [6.45, 7) is 3.95. The summed E-state index contributed by atoms with van der Waals surface area (Å²) in [5.41, 5.74) is 10.0. The van der Waals surface area contributed by atoms with Gasteiger partial charge in [-0.3, -0.25) is 9.78 Å². The molecule has 1 aliphatic rings. The molecule has 1 saturated carbocycles. The fraction of sp³-hybridized carbons (Fsp3) is 0.476. The van der Waals surface area contributed by atoms with E-state index in [1.807, 2.05) is 6.92 Å². The van der Waals surface area contributed by atoms with Gasteiger partial charge >= 0.3 is 0 Å². The summed E-state index contributed by atoms with van der Waals surface area (Å²) >= 11 is 0. The Hall–Kier alpha value is -2.27. The summed E-state index contributed by atoms with van der Waals surface area (Å²) < 4.78 is 0. The van der Waals surface area contributed by atoms with Gasteiger partial charge in [-0.2, -0.15) is 0 Å². The minimum absolute atomic E-state index is 0.233. The van der Waals surface area contributed by atoms with Crippen molar-refractivity contribution in [3.05, 3.63) is 46.9 Å². The number of hydrogen-bond donors (Lipinski definition) is 2. The van der Waals surface area contributed by atoms with Crippen molar-refractivity contribution < 1.29 is 9.90 Å². The quantitative estimate of drug-likeness (QED) is 0.861. The molecule has 0 spiro atoms. The average molecular weight is 353 g/mol. The van der Waals surface area contributed by atoms with Crippen molar-refractivity contribution in [1.82, 2.24) is 9.97 Å². The summed E-state index contributed by atoms with van der Waals surface area (Å²) in [6.07, 6.45) is 5.67. The smallest absolute Gasteiger partial charge is 0.269 e. The first-order chi connectivity index (χ1) is 12.5. The van der Waals surface area contributed by atoms with E-state index in [2.05, 4.69) is 34.2 Å². The van der Waals surface area contributed by atoms with Crippen molar-refractivity contribution in [1.29, 1.82) is 0 Å². The van der Waals surface area contributed by atoms with E-state index in [9.17, 15) is 4.79 Å². The molecule has 0 atom stereocenters. The number of amides is 1. The highest BCUT2D eigenvalue weighted by molar-refractivity contribution is 5.92. The highest BCUT2D eigenvalue weighted by Gasteiger charge is 2.22. The number of aliphatic hydroxyl groups excluding tert-OH is 1. The maximum Gasteiger partial charge on any atom is 0.269 e. The van der Waals surface area contributed by atoms with Gasteiger partial charge in [-0.15, -0.1) is 0 Å². The molecule has 138 valence electrons. The second kappa shape index (κ2) is 7.96. The van der Waals surface area contributed by atoms with Crippen molar-refractivity contribution in [2.45, 2.75) is 51.9 Å². The molecule has 26 heavy (non-hydrogen) atoms. The number of benzene rings is 1. The SMILES string of the molecule is Cc1nc(C)c(-c2ccc(C3CCC(CCO)CC3)cc2)nc1C(N)=O. The molecule has 1 aliphatic carbocycles. The normalized spacial score (nSPS) is 20.1. The lowest BCUT2D eigenvalue weighted by Gasteiger charge is -2.28. The molecule has 0 unspecified atom stereocenters. The lowest BCUT2D eigenvalue weighted by Crippen LogP contribution is -2.17. The summed E-state index contributed by atoms with van der Waals surface area (Å²) in [5.74, 6) is 0.714. The van der Waals surface area contributed by atoms with Gasteiger partial charge in [0.25, 0.3) is 5.91 Å². The van der Waals surface area contributed by atoms with E-state index >= 15 is 0 Å². The van der Waals surface area contributed by atoms with Crippen LogP contribution in [0.3, 0.4) is 0 Å². The number of aryl methyl sites for hydroxylation is 2. The van der Waals surface area contributed by atoms with Gasteiger partial charge in [-0.25, -0.2) is 4.98 Å². The van der Waals surface area contributed by atoms with E-state index in [1.165, 1.54) is 31.2 Å². The molecule has 0 saturated heterocycles. The van der Waals surface area contributed by atoms with Crippen LogP contribution in [-0.4, -0.2) is 27.6 Å². The van der Waals surface area contributed by atoms with Gasteiger partial charge in [0.2, 0.25) is 0 Å². The molecule has 3 N–H and O–H groups in total. The van der Waals surface area contributed by atoms with Crippen LogP contribution in [0.4, 0.5) is 0 Å². The summed E-state index contributed by atoms with van der Waals surface area (Å²) in [4.78, 5) is 20.4. The fourth-order valence-corrected chi connectivity index (χ4v) is 4.02. The van der Waals surface area contributed by atoms with E-state index in [0.717, 1.165) is 17.7 Å². The lowest BCUT2D eigenvalue weighted by molar-refractivity contribution is 0.0994. The molecule has 1 aromatic heterocycles. The molecule has 0 bridgehead atoms. The zero-order valence-corrected chi connectivity index (χ0v) is 15.5. The molecular formula is C21H27N3O2. The van der Waals surface area contributed by atoms with Gasteiger partial charge in [0.1, 0.15) is 5.69 Å². The number of aliphatic hydroxyl groups is 1. The van der Waals surface area contributed by atoms with Crippen LogP contribution in [-0.2, 0) is 0 Å². The number of carbonyl (C=O) groups is 1.